The van der Waals surface area contributed by atoms with Crippen molar-refractivity contribution in [3.63, 3.8) is 0 Å². The third kappa shape index (κ3) is 2.07. The Bertz CT molecular complexity index is 874. The number of ether oxygens (including phenoxy) is 1. The van der Waals surface area contributed by atoms with Gasteiger partial charge < -0.3 is 10.5 Å². The van der Waals surface area contributed by atoms with Crippen molar-refractivity contribution in [2.24, 2.45) is 0 Å². The number of rotatable bonds is 2. The van der Waals surface area contributed by atoms with E-state index in [9.17, 15) is 5.26 Å². The molecule has 2 N–H and O–H groups in total. The van der Waals surface area contributed by atoms with E-state index in [4.69, 9.17) is 10.5 Å². The van der Waals surface area contributed by atoms with E-state index >= 15 is 0 Å². The lowest BCUT2D eigenvalue weighted by Gasteiger charge is -2.05. The van der Waals surface area contributed by atoms with Crippen LogP contribution in [-0.4, -0.2) is 16.5 Å². The zero-order valence-corrected chi connectivity index (χ0v) is 11.8. The Labute approximate surface area is 122 Å². The summed E-state index contributed by atoms with van der Waals surface area (Å²) in [6, 6.07) is 11.4. The Morgan fingerprint density at radius 3 is 2.81 bits per heavy atom. The van der Waals surface area contributed by atoms with Crippen molar-refractivity contribution in [2.75, 3.05) is 12.8 Å². The number of pyridine rings is 1. The van der Waals surface area contributed by atoms with Crippen molar-refractivity contribution in [3.05, 3.63) is 47.7 Å². The fraction of sp³-hybridized carbons (Fsp3) is 0.125. The van der Waals surface area contributed by atoms with E-state index in [2.05, 4.69) is 11.1 Å². The molecule has 104 valence electrons. The van der Waals surface area contributed by atoms with Gasteiger partial charge in [-0.1, -0.05) is 6.07 Å². The van der Waals surface area contributed by atoms with Crippen LogP contribution in [0.25, 0.3) is 16.9 Å². The minimum Gasteiger partial charge on any atom is -0.495 e. The summed E-state index contributed by atoms with van der Waals surface area (Å²) in [4.78, 5) is 4.54. The first kappa shape index (κ1) is 13.0. The minimum atomic E-state index is 0.461. The molecule has 2 aromatic heterocycles. The van der Waals surface area contributed by atoms with Gasteiger partial charge in [0.25, 0.3) is 0 Å². The number of nitriles is 1. The van der Waals surface area contributed by atoms with Gasteiger partial charge in [0.1, 0.15) is 29.0 Å². The predicted molar refractivity (Wildman–Crippen MR) is 81.0 cm³/mol. The molecule has 5 heteroatoms. The maximum Gasteiger partial charge on any atom is 0.139 e. The Morgan fingerprint density at radius 2 is 2.10 bits per heavy atom. The first-order valence-electron chi connectivity index (χ1n) is 6.46. The van der Waals surface area contributed by atoms with Gasteiger partial charge in [-0.2, -0.15) is 5.26 Å². The van der Waals surface area contributed by atoms with Crippen molar-refractivity contribution in [1.82, 2.24) is 9.38 Å². The smallest absolute Gasteiger partial charge is 0.139 e. The summed E-state index contributed by atoms with van der Waals surface area (Å²) in [6.45, 7) is 2.00. The molecule has 0 saturated carbocycles. The zero-order chi connectivity index (χ0) is 15.0. The third-order valence-corrected chi connectivity index (χ3v) is 3.40. The summed E-state index contributed by atoms with van der Waals surface area (Å²) in [5, 5.41) is 9.18. The van der Waals surface area contributed by atoms with Crippen molar-refractivity contribution in [2.45, 2.75) is 6.92 Å². The molecule has 1 aromatic carbocycles. The van der Waals surface area contributed by atoms with Gasteiger partial charge >= 0.3 is 0 Å². The summed E-state index contributed by atoms with van der Waals surface area (Å²) in [5.74, 6) is 1.10. The molecule has 0 fully saturated rings. The number of fused-ring (bicyclic) bond motifs is 1. The quantitative estimate of drug-likeness (QED) is 0.782. The van der Waals surface area contributed by atoms with Gasteiger partial charge in [0, 0.05) is 11.8 Å². The van der Waals surface area contributed by atoms with Gasteiger partial charge in [0.05, 0.1) is 12.7 Å². The molecule has 0 aliphatic rings. The maximum atomic E-state index is 9.18. The molecule has 0 radical (unpaired) electrons. The largest absolute Gasteiger partial charge is 0.495 e. The number of nitrogens with zero attached hydrogens (tertiary/aromatic N) is 3. The third-order valence-electron chi connectivity index (χ3n) is 3.40. The van der Waals surface area contributed by atoms with Crippen LogP contribution < -0.4 is 10.5 Å². The molecule has 0 spiro atoms. The Balaban J connectivity index is 2.21. The Kier molecular flexibility index (Phi) is 2.99. The van der Waals surface area contributed by atoms with E-state index in [0.29, 0.717) is 22.8 Å². The molecular weight excluding hydrogens is 264 g/mol. The lowest BCUT2D eigenvalue weighted by atomic mass is 10.1. The summed E-state index contributed by atoms with van der Waals surface area (Å²) >= 11 is 0. The number of anilines is 1. The van der Waals surface area contributed by atoms with Crippen LogP contribution in [-0.2, 0) is 0 Å². The number of aryl methyl sites for hydroxylation is 1. The monoisotopic (exact) mass is 278 g/mol. The molecule has 2 heterocycles. The van der Waals surface area contributed by atoms with Crippen LogP contribution in [0.2, 0.25) is 0 Å². The topological polar surface area (TPSA) is 76.3 Å². The number of nitrogens with two attached hydrogens (primary N) is 1. The fourth-order valence-electron chi connectivity index (χ4n) is 2.32. The molecule has 0 aliphatic heterocycles. The zero-order valence-electron chi connectivity index (χ0n) is 11.8. The SMILES string of the molecule is COc1ccc(-c2nc3ccc(C)cn3c2N)cc1C#N. The Hall–Kier alpha value is -3.00. The maximum absolute atomic E-state index is 9.18. The average Bonchev–Trinajstić information content (AvgIpc) is 2.83. The second-order valence-electron chi connectivity index (χ2n) is 4.81. The highest BCUT2D eigenvalue weighted by Gasteiger charge is 2.13. The van der Waals surface area contributed by atoms with E-state index in [1.54, 1.807) is 12.1 Å². The molecule has 5 nitrogen and oxygen atoms in total. The number of nitrogen functional groups attached to an aromatic ring is 1. The van der Waals surface area contributed by atoms with Crippen LogP contribution in [0.1, 0.15) is 11.1 Å². The predicted octanol–water partition coefficient (Wildman–Crippen LogP) is 2.77. The van der Waals surface area contributed by atoms with Gasteiger partial charge in [0.15, 0.2) is 0 Å². The lowest BCUT2D eigenvalue weighted by Crippen LogP contribution is -1.95. The first-order valence-corrected chi connectivity index (χ1v) is 6.46. The Morgan fingerprint density at radius 1 is 1.29 bits per heavy atom. The number of hydrogen-bond acceptors (Lipinski definition) is 4. The summed E-state index contributed by atoms with van der Waals surface area (Å²) in [7, 11) is 1.54. The van der Waals surface area contributed by atoms with Crippen molar-refractivity contribution in [1.29, 1.82) is 5.26 Å². The molecule has 3 rings (SSSR count). The molecule has 0 unspecified atom stereocenters. The van der Waals surface area contributed by atoms with Crippen molar-refractivity contribution in [3.8, 4) is 23.1 Å². The fourth-order valence-corrected chi connectivity index (χ4v) is 2.32. The molecule has 0 amide bonds. The molecule has 21 heavy (non-hydrogen) atoms. The number of benzene rings is 1. The van der Waals surface area contributed by atoms with Gasteiger partial charge in [-0.3, -0.25) is 4.40 Å². The second-order valence-corrected chi connectivity index (χ2v) is 4.81. The van der Waals surface area contributed by atoms with Crippen LogP contribution in [0.5, 0.6) is 5.75 Å². The van der Waals surface area contributed by atoms with Crippen LogP contribution in [0.15, 0.2) is 36.5 Å². The van der Waals surface area contributed by atoms with Gasteiger partial charge in [0.2, 0.25) is 0 Å². The van der Waals surface area contributed by atoms with E-state index < -0.39 is 0 Å². The molecule has 3 aromatic rings. The van der Waals surface area contributed by atoms with Gasteiger partial charge in [-0.05, 0) is 36.8 Å². The molecule has 0 atom stereocenters. The molecule has 0 aliphatic carbocycles. The summed E-state index contributed by atoms with van der Waals surface area (Å²) < 4.78 is 7.00. The number of methoxy groups -OCH3 is 1. The van der Waals surface area contributed by atoms with Gasteiger partial charge in [-0.15, -0.1) is 0 Å². The van der Waals surface area contributed by atoms with Gasteiger partial charge in [-0.25, -0.2) is 4.98 Å². The van der Waals surface area contributed by atoms with E-state index in [1.165, 1.54) is 7.11 Å². The van der Waals surface area contributed by atoms with Crippen LogP contribution >= 0.6 is 0 Å². The number of aromatic nitrogens is 2. The highest BCUT2D eigenvalue weighted by Crippen LogP contribution is 2.30. The average molecular weight is 278 g/mol. The molecule has 0 saturated heterocycles. The van der Waals surface area contributed by atoms with Crippen molar-refractivity contribution < 1.29 is 4.74 Å². The van der Waals surface area contributed by atoms with Crippen LogP contribution in [0.4, 0.5) is 5.82 Å². The minimum absolute atomic E-state index is 0.461. The lowest BCUT2D eigenvalue weighted by molar-refractivity contribution is 0.413. The van der Waals surface area contributed by atoms with E-state index in [-0.39, 0.29) is 0 Å². The van der Waals surface area contributed by atoms with E-state index in [0.717, 1.165) is 16.8 Å². The second kappa shape index (κ2) is 4.84. The normalized spacial score (nSPS) is 10.5. The number of hydrogen-bond donors (Lipinski definition) is 1. The number of imidazole rings is 1. The van der Waals surface area contributed by atoms with Crippen molar-refractivity contribution >= 4 is 11.5 Å². The van der Waals surface area contributed by atoms with Crippen LogP contribution in [0.3, 0.4) is 0 Å². The highest BCUT2D eigenvalue weighted by atomic mass is 16.5. The summed E-state index contributed by atoms with van der Waals surface area (Å²) in [6.07, 6.45) is 1.94. The highest BCUT2D eigenvalue weighted by molar-refractivity contribution is 5.76. The standard InChI is InChI=1S/C16H14N4O/c1-10-3-6-14-19-15(16(18)20(14)9-10)11-4-5-13(21-2)12(7-11)8-17/h3-7,9H,18H2,1-2H3. The van der Waals surface area contributed by atoms with Crippen LogP contribution in [0, 0.1) is 18.3 Å². The molecule has 0 bridgehead atoms. The first-order chi connectivity index (χ1) is 10.1. The van der Waals surface area contributed by atoms with E-state index in [1.807, 2.05) is 35.7 Å². The molecular formula is C16H14N4O. The summed E-state index contributed by atoms with van der Waals surface area (Å²) in [5.41, 5.74) is 10.00.